The average molecular weight is 402 g/mol. The third-order valence-electron chi connectivity index (χ3n) is 4.74. The normalized spacial score (nSPS) is 11.2. The summed E-state index contributed by atoms with van der Waals surface area (Å²) in [5.74, 6) is 0.732. The van der Waals surface area contributed by atoms with E-state index in [4.69, 9.17) is 21.6 Å². The fourth-order valence-electron chi connectivity index (χ4n) is 3.27. The van der Waals surface area contributed by atoms with Crippen molar-refractivity contribution in [2.45, 2.75) is 6.92 Å². The Hall–Kier alpha value is -2.95. The van der Waals surface area contributed by atoms with Crippen molar-refractivity contribution in [2.75, 3.05) is 5.32 Å². The number of anilines is 2. The van der Waals surface area contributed by atoms with E-state index in [0.717, 1.165) is 49.4 Å². The van der Waals surface area contributed by atoms with Gasteiger partial charge in [0.15, 0.2) is 5.82 Å². The predicted octanol–water partition coefficient (Wildman–Crippen LogP) is 7.22. The molecule has 0 unspecified atom stereocenters. The standard InChI is InChI=1S/C23H16ClN3S/c1-14-8-9-17(24)13-18(14)26-23-22(21-7-4-10-28-21)25-19-11-15-5-2-3-6-16(15)12-20(19)27-23/h2-13H,1H3,(H,26,27). The van der Waals surface area contributed by atoms with Crippen molar-refractivity contribution < 1.29 is 0 Å². The summed E-state index contributed by atoms with van der Waals surface area (Å²) >= 11 is 7.86. The van der Waals surface area contributed by atoms with E-state index in [1.165, 1.54) is 0 Å². The molecular weight excluding hydrogens is 386 g/mol. The maximum Gasteiger partial charge on any atom is 0.158 e. The van der Waals surface area contributed by atoms with E-state index in [1.807, 2.05) is 43.3 Å². The third-order valence-corrected chi connectivity index (χ3v) is 5.85. The van der Waals surface area contributed by atoms with Crippen LogP contribution in [0.5, 0.6) is 0 Å². The molecule has 136 valence electrons. The molecule has 28 heavy (non-hydrogen) atoms. The number of nitrogens with one attached hydrogen (secondary N) is 1. The second-order valence-corrected chi connectivity index (χ2v) is 8.05. The van der Waals surface area contributed by atoms with Crippen molar-refractivity contribution in [1.29, 1.82) is 0 Å². The molecule has 0 atom stereocenters. The van der Waals surface area contributed by atoms with Crippen LogP contribution in [0.2, 0.25) is 5.02 Å². The van der Waals surface area contributed by atoms with Gasteiger partial charge in [0.2, 0.25) is 0 Å². The van der Waals surface area contributed by atoms with E-state index < -0.39 is 0 Å². The Kier molecular flexibility index (Phi) is 4.23. The zero-order chi connectivity index (χ0) is 19.1. The summed E-state index contributed by atoms with van der Waals surface area (Å²) in [6, 6.07) is 22.4. The molecule has 0 amide bonds. The predicted molar refractivity (Wildman–Crippen MR) is 120 cm³/mol. The largest absolute Gasteiger partial charge is 0.338 e. The Morgan fingerprint density at radius 1 is 0.857 bits per heavy atom. The molecule has 2 heterocycles. The van der Waals surface area contributed by atoms with Gasteiger partial charge in [-0.05, 0) is 59.0 Å². The van der Waals surface area contributed by atoms with Crippen LogP contribution < -0.4 is 5.32 Å². The van der Waals surface area contributed by atoms with E-state index in [1.54, 1.807) is 11.3 Å². The fraction of sp³-hybridized carbons (Fsp3) is 0.0435. The summed E-state index contributed by atoms with van der Waals surface area (Å²) in [5, 5.41) is 8.51. The molecule has 2 aromatic heterocycles. The maximum atomic E-state index is 6.21. The number of aromatic nitrogens is 2. The van der Waals surface area contributed by atoms with Crippen molar-refractivity contribution in [2.24, 2.45) is 0 Å². The second-order valence-electron chi connectivity index (χ2n) is 6.67. The van der Waals surface area contributed by atoms with Gasteiger partial charge in [-0.2, -0.15) is 0 Å². The summed E-state index contributed by atoms with van der Waals surface area (Å²) in [7, 11) is 0. The van der Waals surface area contributed by atoms with Crippen LogP contribution in [-0.4, -0.2) is 9.97 Å². The molecule has 0 fully saturated rings. The molecule has 0 radical (unpaired) electrons. The van der Waals surface area contributed by atoms with Crippen molar-refractivity contribution in [3.8, 4) is 10.6 Å². The Balaban J connectivity index is 1.74. The van der Waals surface area contributed by atoms with Crippen LogP contribution in [0.1, 0.15) is 5.56 Å². The van der Waals surface area contributed by atoms with E-state index >= 15 is 0 Å². The Morgan fingerprint density at radius 3 is 2.32 bits per heavy atom. The summed E-state index contributed by atoms with van der Waals surface area (Å²) < 4.78 is 0. The molecular formula is C23H16ClN3S. The van der Waals surface area contributed by atoms with Crippen LogP contribution in [0.15, 0.2) is 72.1 Å². The Morgan fingerprint density at radius 2 is 1.61 bits per heavy atom. The number of benzene rings is 3. The Labute approximate surface area is 171 Å². The number of nitrogens with zero attached hydrogens (tertiary/aromatic N) is 2. The molecule has 0 bridgehead atoms. The van der Waals surface area contributed by atoms with E-state index in [2.05, 4.69) is 41.0 Å². The van der Waals surface area contributed by atoms with Crippen LogP contribution in [0, 0.1) is 6.92 Å². The van der Waals surface area contributed by atoms with Gasteiger partial charge in [-0.15, -0.1) is 11.3 Å². The SMILES string of the molecule is Cc1ccc(Cl)cc1Nc1nc2cc3ccccc3cc2nc1-c1cccs1. The van der Waals surface area contributed by atoms with Crippen molar-refractivity contribution in [1.82, 2.24) is 9.97 Å². The minimum Gasteiger partial charge on any atom is -0.338 e. The molecule has 0 aliphatic carbocycles. The number of hydrogen-bond donors (Lipinski definition) is 1. The number of fused-ring (bicyclic) bond motifs is 2. The first-order valence-electron chi connectivity index (χ1n) is 8.95. The molecule has 3 nitrogen and oxygen atoms in total. The molecule has 0 aliphatic rings. The summed E-state index contributed by atoms with van der Waals surface area (Å²) in [6.45, 7) is 2.05. The lowest BCUT2D eigenvalue weighted by atomic mass is 10.1. The molecule has 5 aromatic rings. The van der Waals surface area contributed by atoms with Crippen LogP contribution in [0.3, 0.4) is 0 Å². The molecule has 1 N–H and O–H groups in total. The number of hydrogen-bond acceptors (Lipinski definition) is 4. The number of aryl methyl sites for hydroxylation is 1. The van der Waals surface area contributed by atoms with Crippen molar-refractivity contribution in [3.63, 3.8) is 0 Å². The first kappa shape index (κ1) is 17.2. The van der Waals surface area contributed by atoms with E-state index in [-0.39, 0.29) is 0 Å². The summed E-state index contributed by atoms with van der Waals surface area (Å²) in [5.41, 5.74) is 4.62. The van der Waals surface area contributed by atoms with Crippen LogP contribution >= 0.6 is 22.9 Å². The topological polar surface area (TPSA) is 37.8 Å². The van der Waals surface area contributed by atoms with E-state index in [0.29, 0.717) is 5.02 Å². The summed E-state index contributed by atoms with van der Waals surface area (Å²) in [4.78, 5) is 11.0. The molecule has 5 heteroatoms. The van der Waals surface area contributed by atoms with Gasteiger partial charge in [-0.25, -0.2) is 9.97 Å². The fourth-order valence-corrected chi connectivity index (χ4v) is 4.16. The summed E-state index contributed by atoms with van der Waals surface area (Å²) in [6.07, 6.45) is 0. The zero-order valence-corrected chi connectivity index (χ0v) is 16.7. The van der Waals surface area contributed by atoms with Crippen LogP contribution in [0.4, 0.5) is 11.5 Å². The third kappa shape index (κ3) is 3.11. The highest BCUT2D eigenvalue weighted by Crippen LogP contribution is 2.34. The number of rotatable bonds is 3. The van der Waals surface area contributed by atoms with Crippen LogP contribution in [0.25, 0.3) is 32.4 Å². The lowest BCUT2D eigenvalue weighted by Gasteiger charge is -2.13. The number of thiophene rings is 1. The highest BCUT2D eigenvalue weighted by atomic mass is 35.5. The van der Waals surface area contributed by atoms with Gasteiger partial charge < -0.3 is 5.32 Å². The highest BCUT2D eigenvalue weighted by molar-refractivity contribution is 7.13. The molecule has 0 saturated heterocycles. The van der Waals surface area contributed by atoms with Gasteiger partial charge in [0.1, 0.15) is 5.69 Å². The Bertz CT molecular complexity index is 1310. The van der Waals surface area contributed by atoms with Gasteiger partial charge in [-0.3, -0.25) is 0 Å². The highest BCUT2D eigenvalue weighted by Gasteiger charge is 2.14. The average Bonchev–Trinajstić information content (AvgIpc) is 3.23. The van der Waals surface area contributed by atoms with Crippen molar-refractivity contribution >= 4 is 56.2 Å². The van der Waals surface area contributed by atoms with Gasteiger partial charge in [0.05, 0.1) is 15.9 Å². The van der Waals surface area contributed by atoms with Gasteiger partial charge in [0, 0.05) is 10.7 Å². The van der Waals surface area contributed by atoms with Gasteiger partial charge >= 0.3 is 0 Å². The monoisotopic (exact) mass is 401 g/mol. The lowest BCUT2D eigenvalue weighted by molar-refractivity contribution is 1.28. The molecule has 0 spiro atoms. The minimum absolute atomic E-state index is 0.686. The molecule has 5 rings (SSSR count). The minimum atomic E-state index is 0.686. The molecule has 0 aliphatic heterocycles. The van der Waals surface area contributed by atoms with Crippen molar-refractivity contribution in [3.05, 3.63) is 82.7 Å². The maximum absolute atomic E-state index is 6.21. The van der Waals surface area contributed by atoms with Gasteiger partial charge in [0.25, 0.3) is 0 Å². The van der Waals surface area contributed by atoms with Gasteiger partial charge in [-0.1, -0.05) is 48.0 Å². The first-order valence-corrected chi connectivity index (χ1v) is 10.2. The quantitative estimate of drug-likeness (QED) is 0.324. The van der Waals surface area contributed by atoms with E-state index in [9.17, 15) is 0 Å². The zero-order valence-electron chi connectivity index (χ0n) is 15.1. The second kappa shape index (κ2) is 6.89. The smallest absolute Gasteiger partial charge is 0.158 e. The molecule has 0 saturated carbocycles. The van der Waals surface area contributed by atoms with Crippen LogP contribution in [-0.2, 0) is 0 Å². The first-order chi connectivity index (χ1) is 13.7. The molecule has 3 aromatic carbocycles. The number of halogens is 1. The lowest BCUT2D eigenvalue weighted by Crippen LogP contribution is -2.01.